The number of allylic oxidation sites excluding steroid dienone is 2. The maximum atomic E-state index is 12.5. The maximum absolute atomic E-state index is 12.5. The number of carbonyl (C=O) groups excluding carboxylic acids is 1. The third kappa shape index (κ3) is 2.27. The first-order valence-corrected chi connectivity index (χ1v) is 7.73. The Morgan fingerprint density at radius 1 is 1.14 bits per heavy atom. The van der Waals surface area contributed by atoms with Crippen LogP contribution in [0.1, 0.15) is 16.4 Å². The number of aliphatic hydroxyl groups is 1. The summed E-state index contributed by atoms with van der Waals surface area (Å²) in [7, 11) is 5.50. The second kappa shape index (κ2) is 5.50. The van der Waals surface area contributed by atoms with Crippen LogP contribution < -0.4 is 9.64 Å². The Kier molecular flexibility index (Phi) is 3.66. The minimum absolute atomic E-state index is 0.0326. The number of benzene rings is 1. The van der Waals surface area contributed by atoms with Crippen LogP contribution in [0.4, 0.5) is 5.00 Å². The fourth-order valence-corrected chi connectivity index (χ4v) is 3.54. The van der Waals surface area contributed by atoms with Crippen LogP contribution in [0.15, 0.2) is 42.2 Å². The molecule has 0 aliphatic heterocycles. The van der Waals surface area contributed by atoms with Gasteiger partial charge in [0.25, 0.3) is 0 Å². The lowest BCUT2D eigenvalue weighted by atomic mass is 9.78. The Morgan fingerprint density at radius 3 is 2.32 bits per heavy atom. The minimum Gasteiger partial charge on any atom is -0.510 e. The fraction of sp³-hybridized carbons (Fsp3) is 0.235. The van der Waals surface area contributed by atoms with Gasteiger partial charge >= 0.3 is 0 Å². The summed E-state index contributed by atoms with van der Waals surface area (Å²) in [6, 6.07) is 11.0. The summed E-state index contributed by atoms with van der Waals surface area (Å²) in [5.41, 5.74) is 1.14. The van der Waals surface area contributed by atoms with Gasteiger partial charge in [-0.25, -0.2) is 0 Å². The number of aliphatic hydroxyl groups excluding tert-OH is 1. The van der Waals surface area contributed by atoms with Crippen LogP contribution in [0.3, 0.4) is 0 Å². The van der Waals surface area contributed by atoms with E-state index in [1.54, 1.807) is 31.4 Å². The summed E-state index contributed by atoms with van der Waals surface area (Å²) >= 11 is 1.53. The molecule has 1 aromatic heterocycles. The lowest BCUT2D eigenvalue weighted by Crippen LogP contribution is -2.27. The number of nitrogens with zero attached hydrogens (tertiary/aromatic N) is 1. The number of ether oxygens (including phenoxy) is 1. The number of thiophene rings is 1. The van der Waals surface area contributed by atoms with Crippen molar-refractivity contribution < 1.29 is 14.6 Å². The summed E-state index contributed by atoms with van der Waals surface area (Å²) < 4.78 is 5.10. The maximum Gasteiger partial charge on any atom is 0.182 e. The average Bonchev–Trinajstić information content (AvgIpc) is 2.97. The van der Waals surface area contributed by atoms with E-state index in [0.29, 0.717) is 5.57 Å². The Balaban J connectivity index is 1.90. The molecule has 1 atom stereocenters. The van der Waals surface area contributed by atoms with E-state index in [1.807, 2.05) is 31.1 Å². The van der Waals surface area contributed by atoms with Gasteiger partial charge in [-0.05, 0) is 29.8 Å². The van der Waals surface area contributed by atoms with E-state index in [4.69, 9.17) is 4.74 Å². The number of rotatable bonds is 4. The normalized spacial score (nSPS) is 17.4. The van der Waals surface area contributed by atoms with Gasteiger partial charge in [-0.1, -0.05) is 12.1 Å². The number of methoxy groups -OCH3 is 1. The summed E-state index contributed by atoms with van der Waals surface area (Å²) in [6.45, 7) is 0. The fourth-order valence-electron chi connectivity index (χ4n) is 2.51. The minimum atomic E-state index is -0.518. The van der Waals surface area contributed by atoms with Crippen LogP contribution in [0, 0.1) is 0 Å². The second-order valence-corrected chi connectivity index (χ2v) is 6.45. The molecule has 1 N–H and O–H groups in total. The predicted octanol–water partition coefficient (Wildman–Crippen LogP) is 3.46. The van der Waals surface area contributed by atoms with Crippen LogP contribution >= 0.6 is 11.3 Å². The molecule has 0 radical (unpaired) electrons. The summed E-state index contributed by atoms with van der Waals surface area (Å²) in [6.07, 6.45) is 0. The molecule has 4 nitrogen and oxygen atoms in total. The van der Waals surface area contributed by atoms with Crippen molar-refractivity contribution in [1.82, 2.24) is 0 Å². The molecule has 114 valence electrons. The van der Waals surface area contributed by atoms with Crippen molar-refractivity contribution in [2.24, 2.45) is 0 Å². The summed E-state index contributed by atoms with van der Waals surface area (Å²) in [4.78, 5) is 15.3. The van der Waals surface area contributed by atoms with Crippen molar-refractivity contribution in [3.05, 3.63) is 52.6 Å². The number of carbonyl (C=O) groups is 1. The van der Waals surface area contributed by atoms with Crippen molar-refractivity contribution in [1.29, 1.82) is 0 Å². The molecule has 22 heavy (non-hydrogen) atoms. The largest absolute Gasteiger partial charge is 0.510 e. The van der Waals surface area contributed by atoms with Crippen LogP contribution in [0.5, 0.6) is 5.75 Å². The Hall–Kier alpha value is -2.27. The van der Waals surface area contributed by atoms with Crippen molar-refractivity contribution in [3.8, 4) is 5.75 Å². The van der Waals surface area contributed by atoms with Gasteiger partial charge in [0, 0.05) is 19.0 Å². The van der Waals surface area contributed by atoms with E-state index in [0.717, 1.165) is 21.2 Å². The van der Waals surface area contributed by atoms with Gasteiger partial charge in [0.2, 0.25) is 0 Å². The highest BCUT2D eigenvalue weighted by Crippen LogP contribution is 2.46. The summed E-state index contributed by atoms with van der Waals surface area (Å²) in [5.74, 6) is 0.328. The highest BCUT2D eigenvalue weighted by Gasteiger charge is 2.42. The quantitative estimate of drug-likeness (QED) is 0.939. The number of ketones is 1. The second-order valence-electron chi connectivity index (χ2n) is 5.36. The van der Waals surface area contributed by atoms with Gasteiger partial charge in [-0.3, -0.25) is 4.79 Å². The first kappa shape index (κ1) is 14.7. The van der Waals surface area contributed by atoms with E-state index in [9.17, 15) is 9.90 Å². The van der Waals surface area contributed by atoms with E-state index in [-0.39, 0.29) is 11.5 Å². The number of Topliss-reactive ketones (excluding diaryl/α,β-unsaturated/α-hetero) is 1. The molecule has 1 aromatic carbocycles. The highest BCUT2D eigenvalue weighted by molar-refractivity contribution is 7.16. The number of hydrogen-bond donors (Lipinski definition) is 1. The van der Waals surface area contributed by atoms with Crippen molar-refractivity contribution in [2.75, 3.05) is 26.1 Å². The third-order valence-electron chi connectivity index (χ3n) is 3.75. The lowest BCUT2D eigenvalue weighted by molar-refractivity contribution is -0.116. The molecular weight excluding hydrogens is 298 g/mol. The molecule has 3 rings (SSSR count). The molecule has 2 aromatic rings. The molecule has 1 aliphatic rings. The molecule has 1 aliphatic carbocycles. The predicted molar refractivity (Wildman–Crippen MR) is 88.9 cm³/mol. The van der Waals surface area contributed by atoms with E-state index < -0.39 is 5.92 Å². The standard InChI is InChI=1S/C17H17NO3S/c1-18(2)13-9-8-12(22-13)15-16(19)14(17(15)20)10-4-6-11(21-3)7-5-10/h4-9,15,19H,1-3H3. The molecule has 1 heterocycles. The monoisotopic (exact) mass is 315 g/mol. The van der Waals surface area contributed by atoms with Crippen LogP contribution in [0.25, 0.3) is 5.57 Å². The van der Waals surface area contributed by atoms with Crippen molar-refractivity contribution in [3.63, 3.8) is 0 Å². The molecule has 0 amide bonds. The van der Waals surface area contributed by atoms with Crippen LogP contribution in [-0.2, 0) is 4.79 Å². The smallest absolute Gasteiger partial charge is 0.182 e. The molecular formula is C17H17NO3S. The van der Waals surface area contributed by atoms with Crippen molar-refractivity contribution >= 4 is 27.7 Å². The first-order valence-electron chi connectivity index (χ1n) is 6.91. The highest BCUT2D eigenvalue weighted by atomic mass is 32.1. The van der Waals surface area contributed by atoms with Gasteiger partial charge in [-0.2, -0.15) is 0 Å². The zero-order chi connectivity index (χ0) is 15.9. The SMILES string of the molecule is COc1ccc(C2=C(O)C(c3ccc(N(C)C)s3)C2=O)cc1. The lowest BCUT2D eigenvalue weighted by Gasteiger charge is -2.27. The van der Waals surface area contributed by atoms with E-state index in [1.165, 1.54) is 11.3 Å². The molecule has 0 saturated heterocycles. The van der Waals surface area contributed by atoms with Gasteiger partial charge in [-0.15, -0.1) is 11.3 Å². The van der Waals surface area contributed by atoms with Gasteiger partial charge in [0.1, 0.15) is 17.4 Å². The number of anilines is 1. The molecule has 0 fully saturated rings. The third-order valence-corrected chi connectivity index (χ3v) is 5.07. The zero-order valence-electron chi connectivity index (χ0n) is 12.7. The van der Waals surface area contributed by atoms with E-state index in [2.05, 4.69) is 0 Å². The topological polar surface area (TPSA) is 49.8 Å². The zero-order valence-corrected chi connectivity index (χ0v) is 13.5. The Labute approximate surface area is 133 Å². The van der Waals surface area contributed by atoms with E-state index >= 15 is 0 Å². The number of hydrogen-bond acceptors (Lipinski definition) is 5. The molecule has 1 unspecified atom stereocenters. The molecule has 0 bridgehead atoms. The van der Waals surface area contributed by atoms with Crippen LogP contribution in [-0.4, -0.2) is 32.1 Å². The Morgan fingerprint density at radius 2 is 1.82 bits per heavy atom. The molecule has 0 spiro atoms. The average molecular weight is 315 g/mol. The Bertz CT molecular complexity index is 744. The van der Waals surface area contributed by atoms with Gasteiger partial charge < -0.3 is 14.7 Å². The first-order chi connectivity index (χ1) is 10.5. The van der Waals surface area contributed by atoms with Gasteiger partial charge in [0.05, 0.1) is 17.7 Å². The van der Waals surface area contributed by atoms with Crippen LogP contribution in [0.2, 0.25) is 0 Å². The molecule has 5 heteroatoms. The molecule has 0 saturated carbocycles. The summed E-state index contributed by atoms with van der Waals surface area (Å²) in [5, 5.41) is 11.4. The van der Waals surface area contributed by atoms with Gasteiger partial charge in [0.15, 0.2) is 5.78 Å². The van der Waals surface area contributed by atoms with Crippen molar-refractivity contribution in [2.45, 2.75) is 5.92 Å².